The van der Waals surface area contributed by atoms with Gasteiger partial charge in [0.25, 0.3) is 0 Å². The van der Waals surface area contributed by atoms with Crippen molar-refractivity contribution in [3.63, 3.8) is 0 Å². The number of rotatable bonds is 6. The zero-order chi connectivity index (χ0) is 27.3. The van der Waals surface area contributed by atoms with Crippen LogP contribution in [0.25, 0.3) is 19.5 Å². The summed E-state index contributed by atoms with van der Waals surface area (Å²) in [4.78, 5) is 3.85. The van der Waals surface area contributed by atoms with Crippen molar-refractivity contribution in [3.05, 3.63) is 34.5 Å². The molecule has 0 saturated carbocycles. The highest BCUT2D eigenvalue weighted by molar-refractivity contribution is 7.98. The average Bonchev–Trinajstić information content (AvgIpc) is 3.65. The summed E-state index contributed by atoms with van der Waals surface area (Å²) in [6.07, 6.45) is 0. The molecule has 6 heterocycles. The Kier molecular flexibility index (Phi) is 6.81. The van der Waals surface area contributed by atoms with Crippen molar-refractivity contribution in [3.8, 4) is 65.5 Å². The van der Waals surface area contributed by atoms with Crippen molar-refractivity contribution >= 4 is 45.8 Å². The first-order valence-corrected chi connectivity index (χ1v) is 16.5. The molecule has 0 spiro atoms. The fraction of sp³-hybridized carbons (Fsp3) is 0.357. The largest absolute Gasteiger partial charge is 0.504 e. The van der Waals surface area contributed by atoms with Crippen LogP contribution in [0.3, 0.4) is 0 Å². The molecule has 0 saturated heterocycles. The summed E-state index contributed by atoms with van der Waals surface area (Å²) in [5, 5.41) is 23.4. The Hall–Kier alpha value is -2.93. The van der Waals surface area contributed by atoms with Gasteiger partial charge in [-0.15, -0.1) is 34.0 Å². The Morgan fingerprint density at radius 1 is 0.725 bits per heavy atom. The zero-order valence-corrected chi connectivity index (χ0v) is 24.8. The van der Waals surface area contributed by atoms with Gasteiger partial charge in [-0.1, -0.05) is 13.0 Å². The Labute approximate surface area is 247 Å². The number of phenolic OH excluding ortho intramolecular Hbond substituents is 2. The maximum absolute atomic E-state index is 9.84. The number of hydrogen-bond acceptors (Lipinski definition) is 12. The number of ether oxygens (including phenoxy) is 6. The lowest BCUT2D eigenvalue weighted by Crippen LogP contribution is -2.32. The number of fused-ring (bicyclic) bond motifs is 3. The molecule has 2 N–H and O–H groups in total. The smallest absolute Gasteiger partial charge is 0.181 e. The molecule has 210 valence electrons. The van der Waals surface area contributed by atoms with Gasteiger partial charge >= 0.3 is 0 Å². The lowest BCUT2D eigenvalue weighted by molar-refractivity contribution is 0.145. The predicted molar refractivity (Wildman–Crippen MR) is 158 cm³/mol. The molecule has 4 aromatic rings. The Bertz CT molecular complexity index is 1470. The number of thiophene rings is 3. The summed E-state index contributed by atoms with van der Waals surface area (Å²) < 4.78 is 36.9. The lowest BCUT2D eigenvalue weighted by Gasteiger charge is -2.26. The van der Waals surface area contributed by atoms with Crippen LogP contribution >= 0.6 is 45.8 Å². The number of benzene rings is 1. The summed E-state index contributed by atoms with van der Waals surface area (Å²) in [5.41, 5.74) is 0.676. The van der Waals surface area contributed by atoms with Crippen LogP contribution < -0.4 is 28.4 Å². The Morgan fingerprint density at radius 2 is 1.30 bits per heavy atom. The van der Waals surface area contributed by atoms with Gasteiger partial charge in [-0.25, -0.2) is 0 Å². The highest BCUT2D eigenvalue weighted by Crippen LogP contribution is 2.61. The first kappa shape index (κ1) is 26.0. The average molecular weight is 619 g/mol. The number of hydrogen-bond donors (Lipinski definition) is 2. The van der Waals surface area contributed by atoms with Gasteiger partial charge in [0.2, 0.25) is 0 Å². The van der Waals surface area contributed by atoms with Crippen LogP contribution in [-0.4, -0.2) is 55.6 Å². The minimum absolute atomic E-state index is 0.106. The minimum atomic E-state index is -0.266. The quantitative estimate of drug-likeness (QED) is 0.225. The van der Waals surface area contributed by atoms with Crippen LogP contribution in [0.4, 0.5) is 0 Å². The van der Waals surface area contributed by atoms with Crippen LogP contribution in [0, 0.1) is 5.41 Å². The molecular weight excluding hydrogens is 593 g/mol. The molecule has 7 rings (SSSR count). The van der Waals surface area contributed by atoms with E-state index in [-0.39, 0.29) is 16.9 Å². The standard InChI is InChI=1S/C28H26O8S4/c1-28(14-37-9-15-2-3-16(29)17(30)8-15)12-35-22-23(36-13-28)27(25-21-19(11-39-25)32-5-7-34-21)40-26(22)24-20-18(10-38-24)31-4-6-33-20/h2-3,8,10-11,29-30H,4-7,9,12-14H2,1H3. The van der Waals surface area contributed by atoms with Gasteiger partial charge in [-0.3, -0.25) is 0 Å². The van der Waals surface area contributed by atoms with E-state index in [2.05, 4.69) is 6.92 Å². The van der Waals surface area contributed by atoms with E-state index in [1.165, 1.54) is 6.07 Å². The molecule has 0 amide bonds. The van der Waals surface area contributed by atoms with Gasteiger partial charge in [0.1, 0.15) is 26.4 Å². The maximum atomic E-state index is 9.84. The van der Waals surface area contributed by atoms with Crippen molar-refractivity contribution in [1.29, 1.82) is 0 Å². The van der Waals surface area contributed by atoms with Crippen molar-refractivity contribution in [2.24, 2.45) is 5.41 Å². The van der Waals surface area contributed by atoms with Gasteiger partial charge in [0.05, 0.1) is 32.7 Å². The van der Waals surface area contributed by atoms with Gasteiger partial charge in [0.15, 0.2) is 46.0 Å². The van der Waals surface area contributed by atoms with Gasteiger partial charge in [0, 0.05) is 27.7 Å². The van der Waals surface area contributed by atoms with Crippen molar-refractivity contribution in [2.75, 3.05) is 45.4 Å². The molecule has 8 nitrogen and oxygen atoms in total. The molecule has 12 heteroatoms. The normalized spacial score (nSPS) is 16.9. The monoisotopic (exact) mass is 618 g/mol. The number of thioether (sulfide) groups is 1. The van der Waals surface area contributed by atoms with Crippen molar-refractivity contribution in [1.82, 2.24) is 0 Å². The van der Waals surface area contributed by atoms with E-state index in [0.717, 1.165) is 65.3 Å². The van der Waals surface area contributed by atoms with E-state index in [4.69, 9.17) is 28.4 Å². The molecule has 3 aliphatic rings. The second kappa shape index (κ2) is 10.5. The molecule has 0 bridgehead atoms. The minimum Gasteiger partial charge on any atom is -0.504 e. The zero-order valence-electron chi connectivity index (χ0n) is 21.5. The van der Waals surface area contributed by atoms with E-state index in [1.807, 2.05) is 16.8 Å². The molecule has 0 atom stereocenters. The van der Waals surface area contributed by atoms with E-state index >= 15 is 0 Å². The third kappa shape index (κ3) is 4.70. The Balaban J connectivity index is 1.20. The number of aromatic hydroxyl groups is 2. The molecule has 1 aromatic carbocycles. The molecule has 0 unspecified atom stereocenters. The fourth-order valence-corrected chi connectivity index (χ4v) is 9.20. The predicted octanol–water partition coefficient (Wildman–Crippen LogP) is 6.87. The van der Waals surface area contributed by atoms with E-state index in [0.29, 0.717) is 45.4 Å². The third-order valence-electron chi connectivity index (χ3n) is 6.73. The lowest BCUT2D eigenvalue weighted by atomic mass is 9.96. The number of phenols is 2. The topological polar surface area (TPSA) is 95.8 Å². The van der Waals surface area contributed by atoms with Gasteiger partial charge in [-0.2, -0.15) is 11.8 Å². The fourth-order valence-electron chi connectivity index (χ4n) is 4.69. The molecular formula is C28H26O8S4. The summed E-state index contributed by atoms with van der Waals surface area (Å²) in [7, 11) is 0. The Morgan fingerprint density at radius 3 is 1.88 bits per heavy atom. The SMILES string of the molecule is CC1(CSCc2ccc(O)c(O)c2)COc2c(-c3scc4c3OCCO4)sc(-c3scc4c3OCCO4)c2OC1. The molecule has 40 heavy (non-hydrogen) atoms. The third-order valence-corrected chi connectivity index (χ3v) is 11.5. The highest BCUT2D eigenvalue weighted by atomic mass is 32.2. The second-order valence-corrected chi connectivity index (χ2v) is 13.8. The van der Waals surface area contributed by atoms with E-state index in [9.17, 15) is 10.2 Å². The molecule has 0 aliphatic carbocycles. The summed E-state index contributed by atoms with van der Waals surface area (Å²) in [6.45, 7) is 5.20. The first-order valence-electron chi connectivity index (χ1n) is 12.7. The van der Waals surface area contributed by atoms with Gasteiger partial charge < -0.3 is 38.6 Å². The van der Waals surface area contributed by atoms with Crippen LogP contribution in [0.1, 0.15) is 12.5 Å². The first-order chi connectivity index (χ1) is 19.5. The molecule has 0 radical (unpaired) electrons. The summed E-state index contributed by atoms with van der Waals surface area (Å²) in [6, 6.07) is 4.94. The summed E-state index contributed by atoms with van der Waals surface area (Å²) in [5.74, 6) is 5.72. The summed E-state index contributed by atoms with van der Waals surface area (Å²) >= 11 is 6.51. The van der Waals surface area contributed by atoms with E-state index < -0.39 is 0 Å². The van der Waals surface area contributed by atoms with Crippen molar-refractivity contribution in [2.45, 2.75) is 12.7 Å². The van der Waals surface area contributed by atoms with Crippen LogP contribution in [0.5, 0.6) is 46.0 Å². The van der Waals surface area contributed by atoms with Gasteiger partial charge in [-0.05, 0) is 17.7 Å². The molecule has 0 fully saturated rings. The maximum Gasteiger partial charge on any atom is 0.181 e. The van der Waals surface area contributed by atoms with E-state index in [1.54, 1.807) is 51.8 Å². The van der Waals surface area contributed by atoms with Crippen LogP contribution in [-0.2, 0) is 5.75 Å². The molecule has 3 aliphatic heterocycles. The molecule has 3 aromatic heterocycles. The second-order valence-electron chi connectivity index (χ2n) is 10.0. The highest BCUT2D eigenvalue weighted by Gasteiger charge is 2.37. The van der Waals surface area contributed by atoms with Crippen LogP contribution in [0.15, 0.2) is 29.0 Å². The van der Waals surface area contributed by atoms with Crippen molar-refractivity contribution < 1.29 is 38.6 Å². The van der Waals surface area contributed by atoms with Crippen LogP contribution in [0.2, 0.25) is 0 Å².